The van der Waals surface area contributed by atoms with Crippen molar-refractivity contribution in [3.8, 4) is 0 Å². The molecule has 4 nitrogen and oxygen atoms in total. The van der Waals surface area contributed by atoms with Gasteiger partial charge in [-0.25, -0.2) is 0 Å². The lowest BCUT2D eigenvalue weighted by Gasteiger charge is -2.08. The van der Waals surface area contributed by atoms with Crippen LogP contribution in [-0.2, 0) is 4.79 Å². The normalized spacial score (nSPS) is 10.0. The zero-order valence-electron chi connectivity index (χ0n) is 11.5. The second kappa shape index (κ2) is 6.90. The minimum atomic E-state index is -0.330. The van der Waals surface area contributed by atoms with E-state index in [4.69, 9.17) is 11.6 Å². The van der Waals surface area contributed by atoms with E-state index in [9.17, 15) is 9.59 Å². The second-order valence-corrected chi connectivity index (χ2v) is 4.99. The summed E-state index contributed by atoms with van der Waals surface area (Å²) in [6, 6.07) is 14.1. The van der Waals surface area contributed by atoms with E-state index in [1.54, 1.807) is 42.5 Å². The van der Waals surface area contributed by atoms with E-state index in [-0.39, 0.29) is 18.4 Å². The van der Waals surface area contributed by atoms with Crippen LogP contribution in [0, 0.1) is 6.92 Å². The van der Waals surface area contributed by atoms with Crippen molar-refractivity contribution in [3.63, 3.8) is 0 Å². The predicted octanol–water partition coefficient (Wildman–Crippen LogP) is 3.02. The molecule has 0 aliphatic heterocycles. The lowest BCUT2D eigenvalue weighted by atomic mass is 10.1. The highest BCUT2D eigenvalue weighted by Crippen LogP contribution is 2.19. The van der Waals surface area contributed by atoms with Crippen LogP contribution in [0.3, 0.4) is 0 Å². The van der Waals surface area contributed by atoms with Gasteiger partial charge in [-0.3, -0.25) is 9.59 Å². The summed E-state index contributed by atoms with van der Waals surface area (Å²) in [5.41, 5.74) is 2.04. The van der Waals surface area contributed by atoms with E-state index in [1.165, 1.54) is 0 Å². The molecule has 0 saturated carbocycles. The molecule has 2 aromatic rings. The van der Waals surface area contributed by atoms with Crippen LogP contribution in [0.15, 0.2) is 48.5 Å². The van der Waals surface area contributed by atoms with Gasteiger partial charge in [-0.2, -0.15) is 0 Å². The minimum Gasteiger partial charge on any atom is -0.343 e. The molecule has 0 saturated heterocycles. The third-order valence-electron chi connectivity index (χ3n) is 2.84. The number of amides is 2. The molecule has 2 N–H and O–H groups in total. The number of hydrogen-bond donors (Lipinski definition) is 2. The van der Waals surface area contributed by atoms with Crippen LogP contribution in [-0.4, -0.2) is 18.4 Å². The van der Waals surface area contributed by atoms with Crippen LogP contribution in [0.1, 0.15) is 15.9 Å². The van der Waals surface area contributed by atoms with Gasteiger partial charge in [0.1, 0.15) is 0 Å². The minimum absolute atomic E-state index is 0.113. The van der Waals surface area contributed by atoms with E-state index < -0.39 is 0 Å². The maximum Gasteiger partial charge on any atom is 0.251 e. The summed E-state index contributed by atoms with van der Waals surface area (Å²) >= 11 is 5.94. The summed E-state index contributed by atoms with van der Waals surface area (Å²) in [6.07, 6.45) is 0. The van der Waals surface area contributed by atoms with Gasteiger partial charge in [-0.15, -0.1) is 0 Å². The molecule has 21 heavy (non-hydrogen) atoms. The molecule has 0 radical (unpaired) electrons. The monoisotopic (exact) mass is 302 g/mol. The quantitative estimate of drug-likeness (QED) is 0.912. The van der Waals surface area contributed by atoms with E-state index in [2.05, 4.69) is 10.6 Å². The van der Waals surface area contributed by atoms with Gasteiger partial charge in [0.2, 0.25) is 5.91 Å². The number of nitrogens with one attached hydrogen (secondary N) is 2. The number of hydrogen-bond acceptors (Lipinski definition) is 2. The smallest absolute Gasteiger partial charge is 0.251 e. The first kappa shape index (κ1) is 15.1. The third kappa shape index (κ3) is 4.33. The van der Waals surface area contributed by atoms with Gasteiger partial charge in [-0.05, 0) is 31.2 Å². The predicted molar refractivity (Wildman–Crippen MR) is 83.6 cm³/mol. The van der Waals surface area contributed by atoms with Gasteiger partial charge in [0, 0.05) is 5.56 Å². The van der Waals surface area contributed by atoms with Crippen LogP contribution in [0.4, 0.5) is 5.69 Å². The Kier molecular flexibility index (Phi) is 4.95. The van der Waals surface area contributed by atoms with Gasteiger partial charge < -0.3 is 10.6 Å². The molecule has 0 aliphatic carbocycles. The number of halogens is 1. The number of carbonyl (C=O) groups excluding carboxylic acids is 2. The van der Waals surface area contributed by atoms with Crippen LogP contribution < -0.4 is 10.6 Å². The summed E-state index contributed by atoms with van der Waals surface area (Å²) in [6.45, 7) is 1.79. The zero-order chi connectivity index (χ0) is 15.2. The van der Waals surface area contributed by atoms with Crippen molar-refractivity contribution in [3.05, 3.63) is 64.7 Å². The Bertz CT molecular complexity index is 671. The molecular weight excluding hydrogens is 288 g/mol. The van der Waals surface area contributed by atoms with E-state index in [0.717, 1.165) is 5.56 Å². The number of benzene rings is 2. The first-order chi connectivity index (χ1) is 10.1. The van der Waals surface area contributed by atoms with Crippen molar-refractivity contribution in [2.75, 3.05) is 11.9 Å². The number of rotatable bonds is 4. The molecule has 0 unspecified atom stereocenters. The Hall–Kier alpha value is -2.33. The molecular formula is C16H15ClN2O2. The highest BCUT2D eigenvalue weighted by atomic mass is 35.5. The lowest BCUT2D eigenvalue weighted by molar-refractivity contribution is -0.115. The molecule has 108 valence electrons. The van der Waals surface area contributed by atoms with Gasteiger partial charge >= 0.3 is 0 Å². The van der Waals surface area contributed by atoms with E-state index in [0.29, 0.717) is 16.3 Å². The number of para-hydroxylation sites is 1. The molecule has 2 amide bonds. The Morgan fingerprint density at radius 3 is 2.57 bits per heavy atom. The second-order valence-electron chi connectivity index (χ2n) is 4.58. The average molecular weight is 303 g/mol. The molecule has 0 aromatic heterocycles. The fourth-order valence-electron chi connectivity index (χ4n) is 1.81. The summed E-state index contributed by atoms with van der Waals surface area (Å²) in [5, 5.41) is 5.67. The largest absolute Gasteiger partial charge is 0.343 e. The molecule has 5 heteroatoms. The van der Waals surface area contributed by atoms with Crippen molar-refractivity contribution >= 4 is 29.1 Å². The van der Waals surface area contributed by atoms with Crippen LogP contribution in [0.2, 0.25) is 5.02 Å². The van der Waals surface area contributed by atoms with Crippen molar-refractivity contribution in [1.29, 1.82) is 0 Å². The van der Waals surface area contributed by atoms with Crippen molar-refractivity contribution in [2.24, 2.45) is 0 Å². The molecule has 2 aromatic carbocycles. The van der Waals surface area contributed by atoms with Crippen molar-refractivity contribution in [1.82, 2.24) is 5.32 Å². The molecule has 0 heterocycles. The molecule has 0 aliphatic rings. The Balaban J connectivity index is 1.90. The van der Waals surface area contributed by atoms with E-state index >= 15 is 0 Å². The Morgan fingerprint density at radius 2 is 1.86 bits per heavy atom. The molecule has 0 spiro atoms. The Morgan fingerprint density at radius 1 is 1.10 bits per heavy atom. The lowest BCUT2D eigenvalue weighted by Crippen LogP contribution is -2.32. The maximum absolute atomic E-state index is 11.9. The van der Waals surface area contributed by atoms with Crippen LogP contribution in [0.5, 0.6) is 0 Å². The van der Waals surface area contributed by atoms with Crippen LogP contribution in [0.25, 0.3) is 0 Å². The fourth-order valence-corrected chi connectivity index (χ4v) is 1.99. The first-order valence-electron chi connectivity index (χ1n) is 6.45. The first-order valence-corrected chi connectivity index (χ1v) is 6.83. The zero-order valence-corrected chi connectivity index (χ0v) is 12.3. The summed E-state index contributed by atoms with van der Waals surface area (Å²) in [5.74, 6) is -0.614. The third-order valence-corrected chi connectivity index (χ3v) is 3.17. The molecule has 2 rings (SSSR count). The molecule has 0 fully saturated rings. The van der Waals surface area contributed by atoms with Gasteiger partial charge in [0.05, 0.1) is 17.3 Å². The van der Waals surface area contributed by atoms with Gasteiger partial charge in [-0.1, -0.05) is 41.4 Å². The van der Waals surface area contributed by atoms with Gasteiger partial charge in [0.25, 0.3) is 5.91 Å². The number of carbonyl (C=O) groups is 2. The van der Waals surface area contributed by atoms with Gasteiger partial charge in [0.15, 0.2) is 0 Å². The number of aryl methyl sites for hydroxylation is 1. The standard InChI is InChI=1S/C16H15ClN2O2/c1-11-5-4-6-12(9-11)16(21)18-10-15(20)19-14-8-3-2-7-13(14)17/h2-9H,10H2,1H3,(H,18,21)(H,19,20). The maximum atomic E-state index is 11.9. The highest BCUT2D eigenvalue weighted by molar-refractivity contribution is 6.33. The number of anilines is 1. The van der Waals surface area contributed by atoms with E-state index in [1.807, 2.05) is 13.0 Å². The molecule has 0 atom stereocenters. The van der Waals surface area contributed by atoms with Crippen LogP contribution >= 0.6 is 11.6 Å². The average Bonchev–Trinajstić information content (AvgIpc) is 2.47. The Labute approximate surface area is 128 Å². The summed E-state index contributed by atoms with van der Waals surface area (Å²) < 4.78 is 0. The molecule has 0 bridgehead atoms. The van der Waals surface area contributed by atoms with Crippen molar-refractivity contribution in [2.45, 2.75) is 6.92 Å². The highest BCUT2D eigenvalue weighted by Gasteiger charge is 2.09. The topological polar surface area (TPSA) is 58.2 Å². The fraction of sp³-hybridized carbons (Fsp3) is 0.125. The van der Waals surface area contributed by atoms with Crippen molar-refractivity contribution < 1.29 is 9.59 Å². The summed E-state index contributed by atoms with van der Waals surface area (Å²) in [7, 11) is 0. The summed E-state index contributed by atoms with van der Waals surface area (Å²) in [4.78, 5) is 23.7. The SMILES string of the molecule is Cc1cccc(C(=O)NCC(=O)Nc2ccccc2Cl)c1.